The molecule has 1 aliphatic rings. The first-order valence-corrected chi connectivity index (χ1v) is 17.3. The van der Waals surface area contributed by atoms with Gasteiger partial charge < -0.3 is 4.57 Å². The number of aromatic nitrogens is 4. The van der Waals surface area contributed by atoms with Crippen molar-refractivity contribution < 1.29 is 0 Å². The molecule has 242 valence electrons. The lowest BCUT2D eigenvalue weighted by Crippen LogP contribution is -2.35. The molecule has 0 bridgehead atoms. The second-order valence-corrected chi connectivity index (χ2v) is 13.1. The van der Waals surface area contributed by atoms with Crippen LogP contribution in [-0.2, 0) is 5.41 Å². The van der Waals surface area contributed by atoms with E-state index in [4.69, 9.17) is 15.0 Å². The molecule has 1 atom stereocenters. The average molecular weight is 664 g/mol. The third-order valence-corrected chi connectivity index (χ3v) is 10.4. The van der Waals surface area contributed by atoms with E-state index in [0.717, 1.165) is 50.1 Å². The van der Waals surface area contributed by atoms with Gasteiger partial charge in [0, 0.05) is 27.5 Å². The topological polar surface area (TPSA) is 67.4 Å². The molecule has 52 heavy (non-hydrogen) atoms. The van der Waals surface area contributed by atoms with E-state index in [-0.39, 0.29) is 0 Å². The first-order chi connectivity index (χ1) is 25.7. The summed E-state index contributed by atoms with van der Waals surface area (Å²) in [6, 6.07) is 63.3. The summed E-state index contributed by atoms with van der Waals surface area (Å²) in [6.45, 7) is 0. The van der Waals surface area contributed by atoms with Crippen molar-refractivity contribution in [1.29, 1.82) is 5.26 Å². The minimum atomic E-state index is -0.684. The molecule has 0 spiro atoms. The molecule has 3 heterocycles. The zero-order valence-electron chi connectivity index (χ0n) is 28.0. The van der Waals surface area contributed by atoms with Crippen LogP contribution in [0.5, 0.6) is 0 Å². The monoisotopic (exact) mass is 663 g/mol. The largest absolute Gasteiger partial charge is 0.309 e. The molecule has 10 rings (SSSR count). The van der Waals surface area contributed by atoms with E-state index >= 15 is 0 Å². The van der Waals surface area contributed by atoms with Crippen LogP contribution in [0.3, 0.4) is 0 Å². The molecule has 0 saturated heterocycles. The summed E-state index contributed by atoms with van der Waals surface area (Å²) in [5.74, 6) is 1.87. The molecule has 0 amide bonds. The highest BCUT2D eigenvalue weighted by molar-refractivity contribution is 6.12. The molecule has 0 aliphatic carbocycles. The van der Waals surface area contributed by atoms with Gasteiger partial charge in [0.15, 0.2) is 17.5 Å². The fraction of sp³-hybridized carbons (Fsp3) is 0.0213. The maximum absolute atomic E-state index is 10.1. The minimum Gasteiger partial charge on any atom is -0.309 e. The van der Waals surface area contributed by atoms with E-state index in [9.17, 15) is 5.26 Å². The molecule has 0 fully saturated rings. The summed E-state index contributed by atoms with van der Waals surface area (Å²) in [4.78, 5) is 14.9. The lowest BCUT2D eigenvalue weighted by molar-refractivity contribution is 0.727. The van der Waals surface area contributed by atoms with Crippen molar-refractivity contribution in [2.45, 2.75) is 5.41 Å². The van der Waals surface area contributed by atoms with Crippen LogP contribution in [0.25, 0.3) is 61.7 Å². The molecular formula is C47H29N5. The first kappa shape index (κ1) is 29.7. The molecule has 0 radical (unpaired) electrons. The number of fused-ring (bicyclic) bond motifs is 5. The quantitative estimate of drug-likeness (QED) is 0.184. The molecule has 1 unspecified atom stereocenters. The Bertz CT molecular complexity index is 2780. The van der Waals surface area contributed by atoms with Gasteiger partial charge in [-0.1, -0.05) is 158 Å². The molecule has 5 heteroatoms. The van der Waals surface area contributed by atoms with Gasteiger partial charge in [0.1, 0.15) is 0 Å². The molecular weight excluding hydrogens is 635 g/mol. The molecule has 2 aromatic heterocycles. The molecule has 1 aliphatic heterocycles. The zero-order valence-corrected chi connectivity index (χ0v) is 28.0. The van der Waals surface area contributed by atoms with Gasteiger partial charge in [0.25, 0.3) is 0 Å². The van der Waals surface area contributed by atoms with Gasteiger partial charge in [-0.15, -0.1) is 0 Å². The molecule has 9 aromatic rings. The standard InChI is InChI=1S/C47H29N5/c48-30-31-23-28-39-42(29-31)52-41-22-11-10-19-37(41)38-20-12-21-40(43(38)52)47(39,35-17-8-3-9-18-35)36-26-24-34(25-27-36)46-50-44(32-13-4-1-5-14-32)49-45(51-46)33-15-6-2-7-16-33/h1-29H. The Morgan fingerprint density at radius 3 is 1.63 bits per heavy atom. The first-order valence-electron chi connectivity index (χ1n) is 17.3. The van der Waals surface area contributed by atoms with Crippen LogP contribution in [0.1, 0.15) is 27.8 Å². The lowest BCUT2D eigenvalue weighted by atomic mass is 9.63. The van der Waals surface area contributed by atoms with Gasteiger partial charge in [0.05, 0.1) is 33.8 Å². The predicted octanol–water partition coefficient (Wildman–Crippen LogP) is 10.5. The summed E-state index contributed by atoms with van der Waals surface area (Å²) in [6.07, 6.45) is 0. The lowest BCUT2D eigenvalue weighted by Gasteiger charge is -2.41. The van der Waals surface area contributed by atoms with Gasteiger partial charge in [0.2, 0.25) is 0 Å². The van der Waals surface area contributed by atoms with E-state index in [1.165, 1.54) is 16.3 Å². The van der Waals surface area contributed by atoms with Crippen molar-refractivity contribution in [2.24, 2.45) is 0 Å². The highest BCUT2D eigenvalue weighted by Crippen LogP contribution is 2.54. The summed E-state index contributed by atoms with van der Waals surface area (Å²) < 4.78 is 2.35. The van der Waals surface area contributed by atoms with Crippen LogP contribution in [0.4, 0.5) is 0 Å². The van der Waals surface area contributed by atoms with Crippen molar-refractivity contribution in [3.05, 3.63) is 204 Å². The summed E-state index contributed by atoms with van der Waals surface area (Å²) in [5, 5.41) is 12.5. The molecule has 0 saturated carbocycles. The minimum absolute atomic E-state index is 0.609. The zero-order chi connectivity index (χ0) is 34.6. The Morgan fingerprint density at radius 1 is 0.462 bits per heavy atom. The fourth-order valence-electron chi connectivity index (χ4n) is 8.10. The number of nitriles is 1. The van der Waals surface area contributed by atoms with Crippen molar-refractivity contribution in [3.63, 3.8) is 0 Å². The summed E-state index contributed by atoms with van der Waals surface area (Å²) >= 11 is 0. The third-order valence-electron chi connectivity index (χ3n) is 10.4. The Morgan fingerprint density at radius 2 is 1.00 bits per heavy atom. The van der Waals surface area contributed by atoms with Crippen LogP contribution < -0.4 is 0 Å². The Kier molecular flexibility index (Phi) is 6.70. The smallest absolute Gasteiger partial charge is 0.164 e. The van der Waals surface area contributed by atoms with Crippen molar-refractivity contribution >= 4 is 21.8 Å². The van der Waals surface area contributed by atoms with Crippen molar-refractivity contribution in [2.75, 3.05) is 0 Å². The maximum atomic E-state index is 10.1. The van der Waals surface area contributed by atoms with Gasteiger partial charge in [-0.05, 0) is 40.5 Å². The van der Waals surface area contributed by atoms with Crippen LogP contribution in [0, 0.1) is 11.3 Å². The highest BCUT2D eigenvalue weighted by Gasteiger charge is 2.45. The molecule has 7 aromatic carbocycles. The average Bonchev–Trinajstić information content (AvgIpc) is 3.57. The van der Waals surface area contributed by atoms with E-state index in [0.29, 0.717) is 23.0 Å². The third kappa shape index (κ3) is 4.38. The number of para-hydroxylation sites is 2. The maximum Gasteiger partial charge on any atom is 0.164 e. The van der Waals surface area contributed by atoms with Crippen LogP contribution in [0.15, 0.2) is 176 Å². The van der Waals surface area contributed by atoms with Crippen LogP contribution >= 0.6 is 0 Å². The normalized spacial score (nSPS) is 14.6. The van der Waals surface area contributed by atoms with Gasteiger partial charge in [-0.3, -0.25) is 0 Å². The van der Waals surface area contributed by atoms with Gasteiger partial charge in [-0.2, -0.15) is 5.26 Å². The number of hydrogen-bond acceptors (Lipinski definition) is 4. The fourth-order valence-corrected chi connectivity index (χ4v) is 8.10. The highest BCUT2D eigenvalue weighted by atomic mass is 15.0. The summed E-state index contributed by atoms with van der Waals surface area (Å²) in [7, 11) is 0. The van der Waals surface area contributed by atoms with Crippen molar-refractivity contribution in [3.8, 4) is 45.9 Å². The van der Waals surface area contributed by atoms with Crippen LogP contribution in [-0.4, -0.2) is 19.5 Å². The van der Waals surface area contributed by atoms with Gasteiger partial charge >= 0.3 is 0 Å². The Hall–Kier alpha value is -7.16. The second-order valence-electron chi connectivity index (χ2n) is 13.1. The van der Waals surface area contributed by atoms with E-state index in [1.54, 1.807) is 0 Å². The van der Waals surface area contributed by atoms with Gasteiger partial charge in [-0.25, -0.2) is 15.0 Å². The Labute approximate surface area is 300 Å². The molecule has 0 N–H and O–H groups in total. The van der Waals surface area contributed by atoms with E-state index in [1.807, 2.05) is 72.8 Å². The number of nitrogens with zero attached hydrogens (tertiary/aromatic N) is 5. The molecule has 5 nitrogen and oxygen atoms in total. The SMILES string of the molecule is N#Cc1ccc2c(c1)-n1c3ccccc3c3cccc(c31)C2(c1ccccc1)c1ccc(-c2nc(-c3ccccc3)nc(-c3ccccc3)n2)cc1. The second kappa shape index (κ2) is 11.7. The predicted molar refractivity (Wildman–Crippen MR) is 207 cm³/mol. The van der Waals surface area contributed by atoms with E-state index in [2.05, 4.69) is 114 Å². The van der Waals surface area contributed by atoms with E-state index < -0.39 is 5.41 Å². The number of hydrogen-bond donors (Lipinski definition) is 0. The number of rotatable bonds is 5. The Balaban J connectivity index is 1.24. The number of benzene rings is 7. The summed E-state index contributed by atoms with van der Waals surface area (Å²) in [5.41, 5.74) is 10.5. The van der Waals surface area contributed by atoms with Crippen molar-refractivity contribution in [1.82, 2.24) is 19.5 Å². The van der Waals surface area contributed by atoms with Crippen LogP contribution in [0.2, 0.25) is 0 Å².